The van der Waals surface area contributed by atoms with E-state index < -0.39 is 9.84 Å². The molecule has 3 nitrogen and oxygen atoms in total. The van der Waals surface area contributed by atoms with E-state index in [-0.39, 0.29) is 41.6 Å². The van der Waals surface area contributed by atoms with Crippen LogP contribution in [0, 0.1) is 6.92 Å². The monoisotopic (exact) mass is 210 g/mol. The van der Waals surface area contributed by atoms with Crippen LogP contribution in [-0.2, 0) is 9.84 Å². The molecule has 0 aliphatic rings. The van der Waals surface area contributed by atoms with Crippen LogP contribution in [0.2, 0.25) is 0 Å². The van der Waals surface area contributed by atoms with Crippen molar-refractivity contribution in [3.63, 3.8) is 0 Å². The summed E-state index contributed by atoms with van der Waals surface area (Å²) in [4.78, 5) is 0.264. The van der Waals surface area contributed by atoms with Crippen LogP contribution >= 0.6 is 0 Å². The summed E-state index contributed by atoms with van der Waals surface area (Å²) in [5.74, 6) is 0.0832. The number of phenols is 1. The van der Waals surface area contributed by atoms with Gasteiger partial charge in [0.1, 0.15) is 5.75 Å². The van der Waals surface area contributed by atoms with Crippen molar-refractivity contribution >= 4 is 9.84 Å². The molecule has 1 aromatic carbocycles. The van der Waals surface area contributed by atoms with Gasteiger partial charge < -0.3 is 6.53 Å². The Hall–Kier alpha value is -0.0300. The number of aryl methyl sites for hydroxylation is 1. The van der Waals surface area contributed by atoms with Gasteiger partial charge in [-0.25, -0.2) is 8.42 Å². The summed E-state index contributed by atoms with van der Waals surface area (Å²) < 4.78 is 22.2. The van der Waals surface area contributed by atoms with Crippen molar-refractivity contribution in [1.82, 2.24) is 0 Å². The molecule has 0 fully saturated rings. The molecule has 5 heteroatoms. The predicted octanol–water partition coefficient (Wildman–Crippen LogP) is -1.78. The number of rotatable bonds is 1. The van der Waals surface area contributed by atoms with Crippen LogP contribution in [0.15, 0.2) is 23.1 Å². The third-order valence-electron chi connectivity index (χ3n) is 1.56. The molecule has 0 radical (unpaired) electrons. The zero-order chi connectivity index (χ0) is 9.35. The van der Waals surface area contributed by atoms with Crippen molar-refractivity contribution in [1.29, 1.82) is 0 Å². The van der Waals surface area contributed by atoms with Gasteiger partial charge in [-0.3, -0.25) is 0 Å². The minimum atomic E-state index is -3.16. The summed E-state index contributed by atoms with van der Waals surface area (Å²) in [6.45, 7) is 1.65. The molecule has 0 saturated heterocycles. The number of phenolic OH excluding ortho intramolecular Hbond substituents is 1. The van der Waals surface area contributed by atoms with E-state index in [2.05, 4.69) is 0 Å². The Bertz CT molecular complexity index is 403. The van der Waals surface area contributed by atoms with Crippen LogP contribution in [0.4, 0.5) is 0 Å². The van der Waals surface area contributed by atoms with Crippen LogP contribution in [0.3, 0.4) is 0 Å². The number of sulfone groups is 1. The van der Waals surface area contributed by atoms with Crippen molar-refractivity contribution in [3.05, 3.63) is 23.8 Å². The first-order valence-corrected chi connectivity index (χ1v) is 5.30. The second-order valence-electron chi connectivity index (χ2n) is 2.72. The Labute approximate surface area is 101 Å². The van der Waals surface area contributed by atoms with Gasteiger partial charge in [0, 0.05) is 6.26 Å². The quantitative estimate of drug-likeness (QED) is 0.558. The maximum Gasteiger partial charge on any atom is 1.00 e. The molecular formula is C8H11NaO3S. The molecule has 0 aromatic heterocycles. The molecule has 0 bridgehead atoms. The topological polar surface area (TPSA) is 54.4 Å². The molecule has 1 N–H and O–H groups in total. The predicted molar refractivity (Wildman–Crippen MR) is 47.1 cm³/mol. The van der Waals surface area contributed by atoms with Crippen LogP contribution in [-0.4, -0.2) is 19.8 Å². The normalized spacial score (nSPS) is 10.6. The fourth-order valence-corrected chi connectivity index (χ4v) is 2.01. The molecule has 0 aliphatic carbocycles. The van der Waals surface area contributed by atoms with Crippen molar-refractivity contribution in [2.45, 2.75) is 11.8 Å². The van der Waals surface area contributed by atoms with Crippen molar-refractivity contribution in [2.24, 2.45) is 0 Å². The molecule has 13 heavy (non-hydrogen) atoms. The summed E-state index contributed by atoms with van der Waals surface area (Å²) in [5, 5.41) is 9.01. The van der Waals surface area contributed by atoms with E-state index in [0.717, 1.165) is 6.26 Å². The minimum absolute atomic E-state index is 0. The number of hydrogen-bond acceptors (Lipinski definition) is 3. The van der Waals surface area contributed by atoms with E-state index >= 15 is 0 Å². The fourth-order valence-electron chi connectivity index (χ4n) is 1.05. The van der Waals surface area contributed by atoms with E-state index in [1.54, 1.807) is 6.92 Å². The maximum atomic E-state index is 11.1. The first-order valence-electron chi connectivity index (χ1n) is 3.41. The van der Waals surface area contributed by atoms with Gasteiger partial charge in [0.05, 0.1) is 4.90 Å². The van der Waals surface area contributed by atoms with Gasteiger partial charge >= 0.3 is 29.6 Å². The van der Waals surface area contributed by atoms with E-state index in [4.69, 9.17) is 5.11 Å². The molecule has 0 heterocycles. The zero-order valence-electron chi connectivity index (χ0n) is 8.90. The van der Waals surface area contributed by atoms with E-state index in [9.17, 15) is 8.42 Å². The number of benzene rings is 1. The van der Waals surface area contributed by atoms with Gasteiger partial charge in [-0.2, -0.15) is 0 Å². The maximum absolute atomic E-state index is 11.1. The van der Waals surface area contributed by atoms with Crippen LogP contribution in [0.5, 0.6) is 5.75 Å². The Balaban J connectivity index is 0. The standard InChI is InChI=1S/C8H10O3S.Na.H/c1-6-5-7(9)3-4-8(6)12(2,10)11;;/h3-5,9H,1-2H3;;/q;+1;-1. The second kappa shape index (κ2) is 4.46. The number of hydrogen-bond donors (Lipinski definition) is 1. The van der Waals surface area contributed by atoms with Gasteiger partial charge in [-0.05, 0) is 30.7 Å². The first-order chi connectivity index (χ1) is 5.41. The molecule has 0 aliphatic heterocycles. The minimum Gasteiger partial charge on any atom is -1.00 e. The third kappa shape index (κ3) is 3.31. The van der Waals surface area contributed by atoms with Gasteiger partial charge in [0.15, 0.2) is 9.84 Å². The number of aromatic hydroxyl groups is 1. The van der Waals surface area contributed by atoms with Crippen molar-refractivity contribution in [3.8, 4) is 5.75 Å². The average molecular weight is 210 g/mol. The van der Waals surface area contributed by atoms with E-state index in [1.807, 2.05) is 0 Å². The SMILES string of the molecule is Cc1cc(O)ccc1S(C)(=O)=O.[H-].[Na+]. The zero-order valence-corrected chi connectivity index (χ0v) is 10.7. The summed E-state index contributed by atoms with van der Waals surface area (Å²) in [7, 11) is -3.16. The molecule has 1 aromatic rings. The summed E-state index contributed by atoms with van der Waals surface area (Å²) in [5.41, 5.74) is 0.567. The Morgan fingerprint density at radius 3 is 2.31 bits per heavy atom. The average Bonchev–Trinajstić information content (AvgIpc) is 1.83. The first kappa shape index (κ1) is 13.0. The molecule has 0 saturated carbocycles. The molecule has 0 atom stereocenters. The summed E-state index contributed by atoms with van der Waals surface area (Å²) in [6, 6.07) is 4.19. The largest absolute Gasteiger partial charge is 1.00 e. The van der Waals surface area contributed by atoms with Crippen LogP contribution in [0.1, 0.15) is 6.99 Å². The molecule has 1 rings (SSSR count). The molecule has 0 spiro atoms. The molecule has 0 unspecified atom stereocenters. The van der Waals surface area contributed by atoms with Crippen molar-refractivity contribution in [2.75, 3.05) is 6.26 Å². The molecular weight excluding hydrogens is 199 g/mol. The summed E-state index contributed by atoms with van der Waals surface area (Å²) in [6.07, 6.45) is 1.15. The Morgan fingerprint density at radius 1 is 1.38 bits per heavy atom. The van der Waals surface area contributed by atoms with Crippen LogP contribution in [0.25, 0.3) is 0 Å². The van der Waals surface area contributed by atoms with Gasteiger partial charge in [-0.1, -0.05) is 0 Å². The Kier molecular flexibility index (Phi) is 4.45. The van der Waals surface area contributed by atoms with E-state index in [1.165, 1.54) is 18.2 Å². The van der Waals surface area contributed by atoms with Crippen LogP contribution < -0.4 is 29.6 Å². The van der Waals surface area contributed by atoms with Gasteiger partial charge in [-0.15, -0.1) is 0 Å². The van der Waals surface area contributed by atoms with E-state index in [0.29, 0.717) is 5.56 Å². The second-order valence-corrected chi connectivity index (χ2v) is 4.71. The van der Waals surface area contributed by atoms with Gasteiger partial charge in [0.25, 0.3) is 0 Å². The van der Waals surface area contributed by atoms with Gasteiger partial charge in [0.2, 0.25) is 0 Å². The third-order valence-corrected chi connectivity index (χ3v) is 2.81. The smallest absolute Gasteiger partial charge is 1.00 e. The molecule has 68 valence electrons. The fraction of sp³-hybridized carbons (Fsp3) is 0.250. The Morgan fingerprint density at radius 2 is 1.92 bits per heavy atom. The van der Waals surface area contributed by atoms with Crippen molar-refractivity contribution < 1.29 is 44.5 Å². The summed E-state index contributed by atoms with van der Waals surface area (Å²) >= 11 is 0. The molecule has 0 amide bonds.